The monoisotopic (exact) mass is 361 g/mol. The van der Waals surface area contributed by atoms with E-state index in [1.807, 2.05) is 13.8 Å². The number of hydrogen-bond acceptors (Lipinski definition) is 4. The molecular formula is C21H19N3OS. The van der Waals surface area contributed by atoms with Gasteiger partial charge in [-0.15, -0.1) is 17.3 Å². The fourth-order valence-corrected chi connectivity index (χ4v) is 4.48. The van der Waals surface area contributed by atoms with E-state index < -0.39 is 5.54 Å². The normalized spacial score (nSPS) is 20.2. The minimum Gasteiger partial charge on any atom is -0.369 e. The third-order valence-corrected chi connectivity index (χ3v) is 6.09. The molecule has 0 unspecified atom stereocenters. The highest BCUT2D eigenvalue weighted by Gasteiger charge is 2.36. The first-order chi connectivity index (χ1) is 12.4. The van der Waals surface area contributed by atoms with Gasteiger partial charge in [0, 0.05) is 32.8 Å². The molecule has 0 saturated carbocycles. The Morgan fingerprint density at radius 2 is 1.88 bits per heavy atom. The minimum absolute atomic E-state index is 0.0178. The maximum absolute atomic E-state index is 12.3. The highest BCUT2D eigenvalue weighted by atomic mass is 32.1. The quantitative estimate of drug-likeness (QED) is 0.670. The van der Waals surface area contributed by atoms with Crippen molar-refractivity contribution in [2.45, 2.75) is 25.8 Å². The molecule has 2 aromatic carbocycles. The third-order valence-electron chi connectivity index (χ3n) is 4.93. The zero-order chi connectivity index (χ0) is 18.5. The van der Waals surface area contributed by atoms with Crippen LogP contribution in [-0.2, 0) is 10.3 Å². The molecule has 0 aliphatic carbocycles. The summed E-state index contributed by atoms with van der Waals surface area (Å²) in [6, 6.07) is 12.6. The van der Waals surface area contributed by atoms with Crippen molar-refractivity contribution in [3.8, 4) is 11.8 Å². The summed E-state index contributed by atoms with van der Waals surface area (Å²) < 4.78 is 2.44. The second-order valence-corrected chi connectivity index (χ2v) is 7.86. The number of fused-ring (bicyclic) bond motifs is 3. The first-order valence-corrected chi connectivity index (χ1v) is 9.24. The van der Waals surface area contributed by atoms with Crippen LogP contribution in [0.3, 0.4) is 0 Å². The van der Waals surface area contributed by atoms with Crippen LogP contribution < -0.4 is 5.73 Å². The molecular weight excluding hydrogens is 342 g/mol. The van der Waals surface area contributed by atoms with Gasteiger partial charge >= 0.3 is 0 Å². The lowest BCUT2D eigenvalue weighted by molar-refractivity contribution is -0.128. The molecule has 1 amide bonds. The number of hydrogen-bond donors (Lipinski definition) is 1. The van der Waals surface area contributed by atoms with Crippen LogP contribution in [-0.4, -0.2) is 23.8 Å². The molecule has 1 aliphatic rings. The molecule has 2 N–H and O–H groups in total. The lowest BCUT2D eigenvalue weighted by Gasteiger charge is -2.33. The number of nitrogens with two attached hydrogens (primary N) is 1. The molecule has 130 valence electrons. The molecule has 0 spiro atoms. The van der Waals surface area contributed by atoms with Crippen molar-refractivity contribution in [1.82, 2.24) is 4.90 Å². The molecule has 0 bridgehead atoms. The highest BCUT2D eigenvalue weighted by Crippen LogP contribution is 2.39. The van der Waals surface area contributed by atoms with Gasteiger partial charge in [-0.1, -0.05) is 12.0 Å². The molecule has 0 fully saturated rings. The average Bonchev–Trinajstić information content (AvgIpc) is 2.97. The van der Waals surface area contributed by atoms with E-state index in [4.69, 9.17) is 5.73 Å². The Balaban J connectivity index is 1.91. The number of benzene rings is 2. The van der Waals surface area contributed by atoms with Crippen LogP contribution in [0.5, 0.6) is 0 Å². The molecule has 5 heteroatoms. The SMILES string of the molecule is CC#Cc1ccc2sc3ccc([C@]4(C)CC(=O)N(C)C(N)=N4)cc3c2c1. The molecule has 2 heterocycles. The highest BCUT2D eigenvalue weighted by molar-refractivity contribution is 7.25. The maximum atomic E-state index is 12.3. The summed E-state index contributed by atoms with van der Waals surface area (Å²) in [5, 5.41) is 2.36. The van der Waals surface area contributed by atoms with Crippen molar-refractivity contribution in [3.05, 3.63) is 47.5 Å². The molecule has 0 radical (unpaired) electrons. The topological polar surface area (TPSA) is 58.7 Å². The fraction of sp³-hybridized carbons (Fsp3) is 0.238. The fourth-order valence-electron chi connectivity index (χ4n) is 3.41. The zero-order valence-electron chi connectivity index (χ0n) is 15.0. The van der Waals surface area contributed by atoms with Crippen molar-refractivity contribution in [1.29, 1.82) is 0 Å². The van der Waals surface area contributed by atoms with E-state index in [0.29, 0.717) is 6.42 Å². The van der Waals surface area contributed by atoms with Crippen LogP contribution in [0.1, 0.15) is 31.4 Å². The van der Waals surface area contributed by atoms with Crippen LogP contribution in [0, 0.1) is 11.8 Å². The lowest BCUT2D eigenvalue weighted by Crippen LogP contribution is -2.47. The van der Waals surface area contributed by atoms with Crippen LogP contribution in [0.2, 0.25) is 0 Å². The Bertz CT molecular complexity index is 1150. The summed E-state index contributed by atoms with van der Waals surface area (Å²) in [6.07, 6.45) is 0.310. The number of thiophene rings is 1. The summed E-state index contributed by atoms with van der Waals surface area (Å²) in [5.41, 5.74) is 7.33. The standard InChI is InChI=1S/C21H19N3OS/c1-4-5-13-6-8-17-15(10-13)16-11-14(7-9-18(16)26-17)21(2)12-19(25)24(3)20(22)23-21/h6-11H,12H2,1-3H3,(H2,22,23)/t21-/m0/s1. The van der Waals surface area contributed by atoms with E-state index in [1.165, 1.54) is 25.1 Å². The molecule has 3 aromatic rings. The van der Waals surface area contributed by atoms with E-state index >= 15 is 0 Å². The Labute approximate surface area is 156 Å². The van der Waals surface area contributed by atoms with Crippen molar-refractivity contribution >= 4 is 43.4 Å². The average molecular weight is 361 g/mol. The number of carbonyl (C=O) groups is 1. The first kappa shape index (κ1) is 16.6. The van der Waals surface area contributed by atoms with E-state index in [2.05, 4.69) is 53.2 Å². The summed E-state index contributed by atoms with van der Waals surface area (Å²) in [7, 11) is 1.66. The maximum Gasteiger partial charge on any atom is 0.231 e. The van der Waals surface area contributed by atoms with Gasteiger partial charge in [0.25, 0.3) is 0 Å². The van der Waals surface area contributed by atoms with Crippen molar-refractivity contribution in [2.75, 3.05) is 7.05 Å². The van der Waals surface area contributed by atoms with Gasteiger partial charge in [0.15, 0.2) is 5.96 Å². The van der Waals surface area contributed by atoms with Crippen LogP contribution in [0.25, 0.3) is 20.2 Å². The van der Waals surface area contributed by atoms with Crippen molar-refractivity contribution < 1.29 is 4.79 Å². The van der Waals surface area contributed by atoms with Crippen molar-refractivity contribution in [2.24, 2.45) is 10.7 Å². The smallest absolute Gasteiger partial charge is 0.231 e. The van der Waals surface area contributed by atoms with Crippen molar-refractivity contribution in [3.63, 3.8) is 0 Å². The number of guanidine groups is 1. The summed E-state index contributed by atoms with van der Waals surface area (Å²) in [4.78, 5) is 18.3. The van der Waals surface area contributed by atoms with Gasteiger partial charge in [-0.05, 0) is 49.7 Å². The Morgan fingerprint density at radius 1 is 1.19 bits per heavy atom. The molecule has 1 aromatic heterocycles. The van der Waals surface area contributed by atoms with Gasteiger partial charge in [0.05, 0.1) is 12.0 Å². The third kappa shape index (κ3) is 2.54. The van der Waals surface area contributed by atoms with Gasteiger partial charge in [-0.25, -0.2) is 4.99 Å². The molecule has 4 nitrogen and oxygen atoms in total. The molecule has 26 heavy (non-hydrogen) atoms. The Hall–Kier alpha value is -2.84. The Morgan fingerprint density at radius 3 is 2.58 bits per heavy atom. The zero-order valence-corrected chi connectivity index (χ0v) is 15.8. The number of carbonyl (C=O) groups excluding carboxylic acids is 1. The van der Waals surface area contributed by atoms with Gasteiger partial charge in [0.2, 0.25) is 5.91 Å². The van der Waals surface area contributed by atoms with Gasteiger partial charge in [-0.2, -0.15) is 0 Å². The van der Waals surface area contributed by atoms with E-state index in [9.17, 15) is 4.79 Å². The molecule has 1 atom stereocenters. The summed E-state index contributed by atoms with van der Waals surface area (Å²) in [5.74, 6) is 6.32. The second-order valence-electron chi connectivity index (χ2n) is 6.77. The van der Waals surface area contributed by atoms with Crippen LogP contribution in [0.4, 0.5) is 0 Å². The molecule has 0 saturated heterocycles. The van der Waals surface area contributed by atoms with Gasteiger partial charge < -0.3 is 5.73 Å². The predicted octanol–water partition coefficient (Wildman–Crippen LogP) is 3.82. The number of rotatable bonds is 1. The molecule has 1 aliphatic heterocycles. The minimum atomic E-state index is -0.642. The summed E-state index contributed by atoms with van der Waals surface area (Å²) in [6.45, 7) is 3.81. The van der Waals surface area contributed by atoms with E-state index in [0.717, 1.165) is 11.1 Å². The predicted molar refractivity (Wildman–Crippen MR) is 108 cm³/mol. The van der Waals surface area contributed by atoms with E-state index in [1.54, 1.807) is 18.4 Å². The number of amides is 1. The largest absolute Gasteiger partial charge is 0.369 e. The Kier molecular flexibility index (Phi) is 3.74. The second kappa shape index (κ2) is 5.86. The van der Waals surface area contributed by atoms with Gasteiger partial charge in [0.1, 0.15) is 0 Å². The first-order valence-electron chi connectivity index (χ1n) is 8.43. The van der Waals surface area contributed by atoms with E-state index in [-0.39, 0.29) is 11.9 Å². The lowest BCUT2D eigenvalue weighted by atomic mass is 9.87. The number of nitrogens with zero attached hydrogens (tertiary/aromatic N) is 2. The van der Waals surface area contributed by atoms with Crippen LogP contribution >= 0.6 is 11.3 Å². The van der Waals surface area contributed by atoms with Crippen LogP contribution in [0.15, 0.2) is 41.4 Å². The number of aliphatic imine (C=N–C) groups is 1. The summed E-state index contributed by atoms with van der Waals surface area (Å²) >= 11 is 1.76. The van der Waals surface area contributed by atoms with Gasteiger partial charge in [-0.3, -0.25) is 9.69 Å². The molecule has 4 rings (SSSR count).